The summed E-state index contributed by atoms with van der Waals surface area (Å²) < 4.78 is 1.30. The van der Waals surface area contributed by atoms with Crippen LogP contribution in [0.2, 0.25) is 0 Å². The van der Waals surface area contributed by atoms with Crippen molar-refractivity contribution in [3.05, 3.63) is 34.7 Å². The molecule has 1 aliphatic rings. The van der Waals surface area contributed by atoms with Crippen molar-refractivity contribution in [2.45, 2.75) is 31.8 Å². The SMILES string of the molecule is CCc1c(C2(O)CCNCC2)sc2ccccc12. The Morgan fingerprint density at radius 2 is 2.00 bits per heavy atom. The van der Waals surface area contributed by atoms with Crippen LogP contribution in [0.1, 0.15) is 30.2 Å². The Hall–Kier alpha value is -0.900. The fourth-order valence-corrected chi connectivity index (χ4v) is 4.33. The molecule has 0 bridgehead atoms. The molecule has 3 rings (SSSR count). The highest BCUT2D eigenvalue weighted by Gasteiger charge is 2.35. The first-order valence-corrected chi connectivity index (χ1v) is 7.50. The van der Waals surface area contributed by atoms with Gasteiger partial charge in [0.2, 0.25) is 0 Å². The molecule has 3 heteroatoms. The van der Waals surface area contributed by atoms with E-state index in [9.17, 15) is 5.11 Å². The van der Waals surface area contributed by atoms with Gasteiger partial charge in [-0.15, -0.1) is 11.3 Å². The van der Waals surface area contributed by atoms with Crippen molar-refractivity contribution in [1.82, 2.24) is 5.32 Å². The lowest BCUT2D eigenvalue weighted by molar-refractivity contribution is 0.00883. The normalized spacial score (nSPS) is 19.2. The zero-order chi connectivity index (χ0) is 12.6. The lowest BCUT2D eigenvalue weighted by Gasteiger charge is -2.32. The van der Waals surface area contributed by atoms with E-state index in [0.29, 0.717) is 0 Å². The number of aliphatic hydroxyl groups is 1. The molecule has 1 saturated heterocycles. The Balaban J connectivity index is 2.15. The van der Waals surface area contributed by atoms with Gasteiger partial charge in [-0.25, -0.2) is 0 Å². The number of piperidine rings is 1. The lowest BCUT2D eigenvalue weighted by Crippen LogP contribution is -2.39. The van der Waals surface area contributed by atoms with Crippen LogP contribution in [-0.2, 0) is 12.0 Å². The minimum Gasteiger partial charge on any atom is -0.384 e. The number of fused-ring (bicyclic) bond motifs is 1. The molecule has 0 aliphatic carbocycles. The molecule has 2 heterocycles. The monoisotopic (exact) mass is 261 g/mol. The molecule has 1 aliphatic heterocycles. The van der Waals surface area contributed by atoms with E-state index in [1.165, 1.54) is 20.5 Å². The Labute approximate surface area is 112 Å². The van der Waals surface area contributed by atoms with Crippen molar-refractivity contribution in [2.75, 3.05) is 13.1 Å². The maximum absolute atomic E-state index is 10.9. The molecule has 2 N–H and O–H groups in total. The quantitative estimate of drug-likeness (QED) is 0.871. The average Bonchev–Trinajstić information content (AvgIpc) is 2.79. The Kier molecular flexibility index (Phi) is 3.14. The van der Waals surface area contributed by atoms with Crippen LogP contribution in [0.15, 0.2) is 24.3 Å². The average molecular weight is 261 g/mol. The molecule has 1 aromatic carbocycles. The predicted octanol–water partition coefficient (Wildman–Crippen LogP) is 3.03. The van der Waals surface area contributed by atoms with Crippen LogP contribution < -0.4 is 5.32 Å². The van der Waals surface area contributed by atoms with Gasteiger partial charge in [-0.05, 0) is 49.4 Å². The molecular weight excluding hydrogens is 242 g/mol. The van der Waals surface area contributed by atoms with Crippen molar-refractivity contribution in [3.63, 3.8) is 0 Å². The first-order chi connectivity index (χ1) is 8.74. The number of thiophene rings is 1. The Bertz CT molecular complexity index is 555. The van der Waals surface area contributed by atoms with Gasteiger partial charge in [0.1, 0.15) is 5.60 Å². The van der Waals surface area contributed by atoms with Gasteiger partial charge in [0.15, 0.2) is 0 Å². The number of nitrogens with one attached hydrogen (secondary N) is 1. The van der Waals surface area contributed by atoms with Crippen LogP contribution in [0.3, 0.4) is 0 Å². The van der Waals surface area contributed by atoms with Crippen LogP contribution in [0.25, 0.3) is 10.1 Å². The molecule has 0 saturated carbocycles. The van der Waals surface area contributed by atoms with E-state index in [-0.39, 0.29) is 0 Å². The summed E-state index contributed by atoms with van der Waals surface area (Å²) in [6.07, 6.45) is 2.65. The maximum atomic E-state index is 10.9. The van der Waals surface area contributed by atoms with Crippen molar-refractivity contribution in [3.8, 4) is 0 Å². The van der Waals surface area contributed by atoms with E-state index < -0.39 is 5.60 Å². The Morgan fingerprint density at radius 1 is 1.28 bits per heavy atom. The molecule has 18 heavy (non-hydrogen) atoms. The topological polar surface area (TPSA) is 32.3 Å². The third kappa shape index (κ3) is 1.87. The van der Waals surface area contributed by atoms with E-state index in [2.05, 4.69) is 36.5 Å². The highest BCUT2D eigenvalue weighted by atomic mass is 32.1. The first kappa shape index (κ1) is 12.2. The van der Waals surface area contributed by atoms with Crippen molar-refractivity contribution in [2.24, 2.45) is 0 Å². The van der Waals surface area contributed by atoms with Gasteiger partial charge in [-0.2, -0.15) is 0 Å². The molecule has 0 radical (unpaired) electrons. The van der Waals surface area contributed by atoms with E-state index in [0.717, 1.165) is 32.4 Å². The van der Waals surface area contributed by atoms with E-state index in [4.69, 9.17) is 0 Å². The molecule has 1 aromatic heterocycles. The highest BCUT2D eigenvalue weighted by molar-refractivity contribution is 7.19. The molecule has 0 unspecified atom stereocenters. The summed E-state index contributed by atoms with van der Waals surface area (Å²) in [7, 11) is 0. The van der Waals surface area contributed by atoms with Gasteiger partial charge < -0.3 is 10.4 Å². The van der Waals surface area contributed by atoms with Crippen LogP contribution in [0.5, 0.6) is 0 Å². The molecule has 2 aromatic rings. The minimum atomic E-state index is -0.611. The number of rotatable bonds is 2. The number of benzene rings is 1. The third-order valence-corrected chi connectivity index (χ3v) is 5.31. The summed E-state index contributed by atoms with van der Waals surface area (Å²) in [4.78, 5) is 1.20. The molecule has 1 fully saturated rings. The van der Waals surface area contributed by atoms with Gasteiger partial charge >= 0.3 is 0 Å². The molecule has 0 atom stereocenters. The molecule has 0 spiro atoms. The molecule has 96 valence electrons. The van der Waals surface area contributed by atoms with Crippen molar-refractivity contribution in [1.29, 1.82) is 0 Å². The second-order valence-electron chi connectivity index (χ2n) is 5.04. The summed E-state index contributed by atoms with van der Waals surface area (Å²) in [5.74, 6) is 0. The van der Waals surface area contributed by atoms with Crippen LogP contribution in [0, 0.1) is 0 Å². The summed E-state index contributed by atoms with van der Waals surface area (Å²) in [6.45, 7) is 4.00. The van der Waals surface area contributed by atoms with Gasteiger partial charge in [0.25, 0.3) is 0 Å². The second kappa shape index (κ2) is 4.65. The van der Waals surface area contributed by atoms with E-state index in [1.54, 1.807) is 11.3 Å². The lowest BCUT2D eigenvalue weighted by atomic mass is 9.87. The Morgan fingerprint density at radius 3 is 2.72 bits per heavy atom. The summed E-state index contributed by atoms with van der Waals surface area (Å²) >= 11 is 1.78. The molecular formula is C15H19NOS. The van der Waals surface area contributed by atoms with Crippen molar-refractivity contribution >= 4 is 21.4 Å². The molecule has 0 amide bonds. The number of hydrogen-bond acceptors (Lipinski definition) is 3. The number of hydrogen-bond donors (Lipinski definition) is 2. The van der Waals surface area contributed by atoms with Gasteiger partial charge in [0, 0.05) is 9.58 Å². The van der Waals surface area contributed by atoms with E-state index in [1.807, 2.05) is 0 Å². The smallest absolute Gasteiger partial charge is 0.101 e. The molecule has 2 nitrogen and oxygen atoms in total. The van der Waals surface area contributed by atoms with Crippen LogP contribution >= 0.6 is 11.3 Å². The van der Waals surface area contributed by atoms with Crippen LogP contribution in [-0.4, -0.2) is 18.2 Å². The number of aryl methyl sites for hydroxylation is 1. The minimum absolute atomic E-state index is 0.611. The fourth-order valence-electron chi connectivity index (χ4n) is 2.89. The fraction of sp³-hybridized carbons (Fsp3) is 0.467. The van der Waals surface area contributed by atoms with Gasteiger partial charge in [-0.1, -0.05) is 25.1 Å². The van der Waals surface area contributed by atoms with E-state index >= 15 is 0 Å². The zero-order valence-corrected chi connectivity index (χ0v) is 11.5. The summed E-state index contributed by atoms with van der Waals surface area (Å²) in [5, 5.41) is 15.6. The van der Waals surface area contributed by atoms with Crippen LogP contribution in [0.4, 0.5) is 0 Å². The summed E-state index contributed by atoms with van der Waals surface area (Å²) in [5.41, 5.74) is 0.736. The first-order valence-electron chi connectivity index (χ1n) is 6.68. The van der Waals surface area contributed by atoms with Gasteiger partial charge in [-0.3, -0.25) is 0 Å². The zero-order valence-electron chi connectivity index (χ0n) is 10.7. The standard InChI is InChI=1S/C15H19NOS/c1-2-11-12-5-3-4-6-13(12)18-14(11)15(17)7-9-16-10-8-15/h3-6,16-17H,2,7-10H2,1H3. The summed E-state index contributed by atoms with van der Waals surface area (Å²) in [6, 6.07) is 8.50. The third-order valence-electron chi connectivity index (χ3n) is 3.91. The van der Waals surface area contributed by atoms with Gasteiger partial charge in [0.05, 0.1) is 0 Å². The second-order valence-corrected chi connectivity index (χ2v) is 6.09. The largest absolute Gasteiger partial charge is 0.384 e. The maximum Gasteiger partial charge on any atom is 0.101 e. The highest BCUT2D eigenvalue weighted by Crippen LogP contribution is 2.42. The van der Waals surface area contributed by atoms with Crippen molar-refractivity contribution < 1.29 is 5.11 Å². The predicted molar refractivity (Wildman–Crippen MR) is 77.2 cm³/mol.